The van der Waals surface area contributed by atoms with Crippen LogP contribution in [0.2, 0.25) is 0 Å². The molecule has 0 N–H and O–H groups in total. The molecule has 2 bridgehead atoms. The number of rotatable bonds is 3. The number of fused-ring (bicyclic) bond motifs is 2. The Hall–Kier alpha value is -1.84. The van der Waals surface area contributed by atoms with Gasteiger partial charge in [-0.05, 0) is 31.2 Å². The van der Waals surface area contributed by atoms with Crippen LogP contribution in [0.15, 0.2) is 30.3 Å². The summed E-state index contributed by atoms with van der Waals surface area (Å²) in [4.78, 5) is 26.6. The third-order valence-corrected chi connectivity index (χ3v) is 4.96. The third kappa shape index (κ3) is 2.87. The third-order valence-electron chi connectivity index (χ3n) is 4.96. The lowest BCUT2D eigenvalue weighted by atomic mass is 9.76. The molecule has 2 heterocycles. The zero-order chi connectivity index (χ0) is 15.5. The van der Waals surface area contributed by atoms with Gasteiger partial charge in [-0.25, -0.2) is 4.79 Å². The van der Waals surface area contributed by atoms with E-state index in [-0.39, 0.29) is 24.1 Å². The highest BCUT2D eigenvalue weighted by Crippen LogP contribution is 2.37. The van der Waals surface area contributed by atoms with E-state index in [0.29, 0.717) is 18.8 Å². The number of amides is 1. The van der Waals surface area contributed by atoms with E-state index in [2.05, 4.69) is 0 Å². The molecule has 2 saturated heterocycles. The van der Waals surface area contributed by atoms with E-state index in [4.69, 9.17) is 4.74 Å². The number of hydrogen-bond donors (Lipinski definition) is 0. The van der Waals surface area contributed by atoms with E-state index in [1.54, 1.807) is 0 Å². The molecule has 0 saturated carbocycles. The van der Waals surface area contributed by atoms with Gasteiger partial charge in [-0.15, -0.1) is 0 Å². The van der Waals surface area contributed by atoms with Crippen molar-refractivity contribution in [3.05, 3.63) is 35.9 Å². The fraction of sp³-hybridized carbons (Fsp3) is 0.556. The number of piperidine rings is 2. The van der Waals surface area contributed by atoms with Gasteiger partial charge in [0.25, 0.3) is 0 Å². The maximum absolute atomic E-state index is 12.5. The number of carbonyl (C=O) groups excluding carboxylic acids is 2. The van der Waals surface area contributed by atoms with Gasteiger partial charge in [0.05, 0.1) is 0 Å². The van der Waals surface area contributed by atoms with Crippen molar-refractivity contribution in [2.45, 2.75) is 57.7 Å². The SMILES string of the molecule is CC[C@H]1C(=O)C[C@H]2CCC[C@@H]1N2C(=O)OCc1ccccc1. The molecule has 4 nitrogen and oxygen atoms in total. The van der Waals surface area contributed by atoms with Crippen LogP contribution in [0.5, 0.6) is 0 Å². The predicted molar refractivity (Wildman–Crippen MR) is 83.3 cm³/mol. The number of hydrogen-bond acceptors (Lipinski definition) is 3. The van der Waals surface area contributed by atoms with Crippen molar-refractivity contribution < 1.29 is 14.3 Å². The number of ether oxygens (including phenoxy) is 1. The lowest BCUT2D eigenvalue weighted by molar-refractivity contribution is -0.133. The molecule has 4 heteroatoms. The fourth-order valence-electron chi connectivity index (χ4n) is 3.88. The molecule has 3 rings (SSSR count). The molecule has 2 aliphatic heterocycles. The molecular formula is C18H23NO3. The Balaban J connectivity index is 1.69. The van der Waals surface area contributed by atoms with E-state index < -0.39 is 0 Å². The topological polar surface area (TPSA) is 46.6 Å². The van der Waals surface area contributed by atoms with Gasteiger partial charge >= 0.3 is 6.09 Å². The number of nitrogens with zero attached hydrogens (tertiary/aromatic N) is 1. The van der Waals surface area contributed by atoms with Crippen LogP contribution in [0.3, 0.4) is 0 Å². The van der Waals surface area contributed by atoms with E-state index in [1.165, 1.54) is 0 Å². The summed E-state index contributed by atoms with van der Waals surface area (Å²) in [5, 5.41) is 0. The standard InChI is InChI=1S/C18H23NO3/c1-2-15-16-10-6-9-14(11-17(15)20)19(16)18(21)22-12-13-7-4-3-5-8-13/h3-5,7-8,14-16H,2,6,9-12H2,1H3/t14-,15-,16+/m1/s1. The molecule has 0 unspecified atom stereocenters. The average Bonchev–Trinajstić information content (AvgIpc) is 2.53. The highest BCUT2D eigenvalue weighted by atomic mass is 16.6. The molecule has 3 atom stereocenters. The van der Waals surface area contributed by atoms with E-state index in [1.807, 2.05) is 42.2 Å². The molecular weight excluding hydrogens is 278 g/mol. The van der Waals surface area contributed by atoms with E-state index in [0.717, 1.165) is 31.2 Å². The smallest absolute Gasteiger partial charge is 0.410 e. The zero-order valence-electron chi connectivity index (χ0n) is 13.0. The van der Waals surface area contributed by atoms with Crippen molar-refractivity contribution >= 4 is 11.9 Å². The summed E-state index contributed by atoms with van der Waals surface area (Å²) in [6.45, 7) is 2.32. The van der Waals surface area contributed by atoms with Crippen molar-refractivity contribution in [3.8, 4) is 0 Å². The fourth-order valence-corrected chi connectivity index (χ4v) is 3.88. The second-order valence-electron chi connectivity index (χ2n) is 6.28. The van der Waals surface area contributed by atoms with E-state index >= 15 is 0 Å². The van der Waals surface area contributed by atoms with E-state index in [9.17, 15) is 9.59 Å². The molecule has 1 amide bonds. The maximum atomic E-state index is 12.5. The lowest BCUT2D eigenvalue weighted by Gasteiger charge is -2.48. The summed E-state index contributed by atoms with van der Waals surface area (Å²) in [6.07, 6.45) is 3.97. The quantitative estimate of drug-likeness (QED) is 0.858. The summed E-state index contributed by atoms with van der Waals surface area (Å²) in [5.41, 5.74) is 0.987. The lowest BCUT2D eigenvalue weighted by Crippen LogP contribution is -2.59. The Labute approximate surface area is 131 Å². The van der Waals surface area contributed by atoms with Crippen molar-refractivity contribution in [2.75, 3.05) is 0 Å². The molecule has 2 aliphatic rings. The van der Waals surface area contributed by atoms with Gasteiger partial charge in [-0.2, -0.15) is 0 Å². The molecule has 1 aromatic rings. The minimum atomic E-state index is -0.260. The van der Waals surface area contributed by atoms with Crippen LogP contribution in [-0.2, 0) is 16.1 Å². The molecule has 0 aromatic heterocycles. The summed E-state index contributed by atoms with van der Waals surface area (Å²) in [7, 11) is 0. The van der Waals surface area contributed by atoms with Gasteiger partial charge in [0.1, 0.15) is 12.4 Å². The highest BCUT2D eigenvalue weighted by Gasteiger charge is 2.46. The molecule has 1 aromatic carbocycles. The first-order valence-electron chi connectivity index (χ1n) is 8.22. The molecule has 22 heavy (non-hydrogen) atoms. The number of benzene rings is 1. The maximum Gasteiger partial charge on any atom is 0.410 e. The number of Topliss-reactive ketones (excluding diaryl/α,β-unsaturated/α-hetero) is 1. The molecule has 2 fully saturated rings. The minimum absolute atomic E-state index is 0.0131. The van der Waals surface area contributed by atoms with Crippen LogP contribution in [0.1, 0.15) is 44.6 Å². The highest BCUT2D eigenvalue weighted by molar-refractivity contribution is 5.85. The van der Waals surface area contributed by atoms with Gasteiger partial charge in [-0.1, -0.05) is 37.3 Å². The predicted octanol–water partition coefficient (Wildman–Crippen LogP) is 3.55. The Morgan fingerprint density at radius 3 is 2.77 bits per heavy atom. The van der Waals surface area contributed by atoms with Crippen LogP contribution in [0.25, 0.3) is 0 Å². The molecule has 0 aliphatic carbocycles. The van der Waals surface area contributed by atoms with Crippen LogP contribution < -0.4 is 0 Å². The largest absolute Gasteiger partial charge is 0.445 e. The summed E-state index contributed by atoms with van der Waals surface area (Å²) in [6, 6.07) is 9.78. The Bertz CT molecular complexity index is 543. The van der Waals surface area contributed by atoms with Gasteiger partial charge in [-0.3, -0.25) is 4.79 Å². The molecule has 0 spiro atoms. The summed E-state index contributed by atoms with van der Waals surface area (Å²) < 4.78 is 5.51. The first-order chi connectivity index (χ1) is 10.7. The van der Waals surface area contributed by atoms with Gasteiger partial charge < -0.3 is 9.64 Å². The number of ketones is 1. The minimum Gasteiger partial charge on any atom is -0.445 e. The van der Waals surface area contributed by atoms with Crippen molar-refractivity contribution in [1.82, 2.24) is 4.90 Å². The van der Waals surface area contributed by atoms with Crippen LogP contribution in [0, 0.1) is 5.92 Å². The van der Waals surface area contributed by atoms with Crippen molar-refractivity contribution in [3.63, 3.8) is 0 Å². The number of carbonyl (C=O) groups is 2. The Kier molecular flexibility index (Phi) is 4.46. The van der Waals surface area contributed by atoms with Gasteiger partial charge in [0, 0.05) is 24.4 Å². The average molecular weight is 301 g/mol. The van der Waals surface area contributed by atoms with Crippen LogP contribution in [0.4, 0.5) is 4.79 Å². The molecule has 118 valence electrons. The van der Waals surface area contributed by atoms with Crippen LogP contribution >= 0.6 is 0 Å². The first-order valence-corrected chi connectivity index (χ1v) is 8.22. The van der Waals surface area contributed by atoms with Crippen LogP contribution in [-0.4, -0.2) is 28.9 Å². The van der Waals surface area contributed by atoms with Gasteiger partial charge in [0.15, 0.2) is 0 Å². The van der Waals surface area contributed by atoms with Crippen molar-refractivity contribution in [2.24, 2.45) is 5.92 Å². The molecule has 0 radical (unpaired) electrons. The first kappa shape index (κ1) is 15.1. The monoisotopic (exact) mass is 301 g/mol. The summed E-state index contributed by atoms with van der Waals surface area (Å²) >= 11 is 0. The second kappa shape index (κ2) is 6.51. The normalized spacial score (nSPS) is 27.6. The van der Waals surface area contributed by atoms with Gasteiger partial charge in [0.2, 0.25) is 0 Å². The zero-order valence-corrected chi connectivity index (χ0v) is 13.0. The second-order valence-corrected chi connectivity index (χ2v) is 6.28. The van der Waals surface area contributed by atoms with Crippen molar-refractivity contribution in [1.29, 1.82) is 0 Å². The summed E-state index contributed by atoms with van der Waals surface area (Å²) in [5.74, 6) is 0.310. The Morgan fingerprint density at radius 1 is 1.27 bits per heavy atom. The Morgan fingerprint density at radius 2 is 2.05 bits per heavy atom.